The molecule has 0 N–H and O–H groups in total. The van der Waals surface area contributed by atoms with Gasteiger partial charge < -0.3 is 0 Å². The lowest BCUT2D eigenvalue weighted by Gasteiger charge is -2.21. The van der Waals surface area contributed by atoms with E-state index in [4.69, 9.17) is 0 Å². The van der Waals surface area contributed by atoms with E-state index in [1.807, 2.05) is 36.4 Å². The van der Waals surface area contributed by atoms with Gasteiger partial charge in [-0.2, -0.15) is 0 Å². The average Bonchev–Trinajstić information content (AvgIpc) is 2.70. The first-order chi connectivity index (χ1) is 14.4. The maximum atomic E-state index is 14.0. The molecule has 0 unspecified atom stereocenters. The molecule has 4 nitrogen and oxygen atoms in total. The zero-order valence-corrected chi connectivity index (χ0v) is 25.5. The first-order valence-electron chi connectivity index (χ1n) is 8.58. The summed E-state index contributed by atoms with van der Waals surface area (Å²) in [4.78, 5) is 9.06. The van der Waals surface area contributed by atoms with Crippen LogP contribution in [0.3, 0.4) is 0 Å². The molecular weight excluding hydrogens is 812 g/mol. The fourth-order valence-electron chi connectivity index (χ4n) is 3.10. The van der Waals surface area contributed by atoms with E-state index in [1.165, 1.54) is 0 Å². The quantitative estimate of drug-likeness (QED) is 0.192. The highest BCUT2D eigenvalue weighted by Crippen LogP contribution is 2.50. The first kappa shape index (κ1) is 24.2. The first-order valence-corrected chi connectivity index (χ1v) is 14.8. The third-order valence-corrected chi connectivity index (χ3v) is 8.70. The number of halogens is 6. The number of nitrogens with zero attached hydrogens (tertiary/aromatic N) is 2. The summed E-state index contributed by atoms with van der Waals surface area (Å²) in [5.41, 5.74) is 1.92. The van der Waals surface area contributed by atoms with Gasteiger partial charge in [-0.25, -0.2) is 18.4 Å². The smallest absolute Gasteiger partial charge is 0.235 e. The Hall–Kier alpha value is 0.0900. The van der Waals surface area contributed by atoms with Gasteiger partial charge in [-0.15, -0.1) is 0 Å². The summed E-state index contributed by atoms with van der Waals surface area (Å²) in [6, 6.07) is 18.2. The number of fused-ring (bicyclic) bond motifs is 2. The van der Waals surface area contributed by atoms with Gasteiger partial charge in [-0.3, -0.25) is 0 Å². The number of alkyl halides is 6. The molecule has 0 aliphatic rings. The summed E-state index contributed by atoms with van der Waals surface area (Å²) in [5.74, 6) is 0. The van der Waals surface area contributed by atoms with Crippen molar-refractivity contribution in [2.75, 3.05) is 0 Å². The lowest BCUT2D eigenvalue weighted by molar-refractivity contribution is 0.587. The molecule has 0 amide bonds. The second-order valence-electron chi connectivity index (χ2n) is 6.57. The van der Waals surface area contributed by atoms with Gasteiger partial charge in [0.25, 0.3) is 0 Å². The molecule has 2 aromatic heterocycles. The Labute approximate surface area is 229 Å². The SMILES string of the molecule is O=S(=O)(c1nc2ccccc2cc1C(Br)(Br)Br)c1nc2ccccc2cc1C(Br)(Br)Br. The Morgan fingerprint density at radius 1 is 0.613 bits per heavy atom. The second kappa shape index (κ2) is 8.70. The molecule has 0 saturated heterocycles. The molecule has 2 heterocycles. The van der Waals surface area contributed by atoms with Crippen molar-refractivity contribution in [3.05, 3.63) is 71.8 Å². The van der Waals surface area contributed by atoms with Crippen LogP contribution < -0.4 is 0 Å². The number of rotatable bonds is 2. The molecule has 0 fully saturated rings. The Morgan fingerprint density at radius 2 is 0.968 bits per heavy atom. The molecule has 160 valence electrons. The normalized spacial score (nSPS) is 13.1. The van der Waals surface area contributed by atoms with Gasteiger partial charge in [0.1, 0.15) is 0 Å². The molecule has 2 aromatic carbocycles. The van der Waals surface area contributed by atoms with Crippen LogP contribution in [0, 0.1) is 0 Å². The Balaban J connectivity index is 2.10. The third kappa shape index (κ3) is 4.83. The summed E-state index contributed by atoms with van der Waals surface area (Å²) >= 11 is 20.8. The van der Waals surface area contributed by atoms with Gasteiger partial charge in [0.2, 0.25) is 9.84 Å². The minimum Gasteiger partial charge on any atom is -0.235 e. The predicted molar refractivity (Wildman–Crippen MR) is 146 cm³/mol. The molecule has 11 heteroatoms. The third-order valence-electron chi connectivity index (χ3n) is 4.50. The predicted octanol–water partition coefficient (Wildman–Crippen LogP) is 8.21. The number of aromatic nitrogens is 2. The minimum absolute atomic E-state index is 0.113. The fraction of sp³-hybridized carbons (Fsp3) is 0.100. The van der Waals surface area contributed by atoms with Crippen molar-refractivity contribution in [1.82, 2.24) is 9.97 Å². The molecule has 31 heavy (non-hydrogen) atoms. The second-order valence-corrected chi connectivity index (χ2v) is 21.9. The van der Waals surface area contributed by atoms with Crippen LogP contribution in [0.15, 0.2) is 70.7 Å². The summed E-state index contributed by atoms with van der Waals surface area (Å²) in [7, 11) is -4.15. The maximum Gasteiger partial charge on any atom is 0.241 e. The molecule has 0 saturated carbocycles. The monoisotopic (exact) mass is 816 g/mol. The topological polar surface area (TPSA) is 59.9 Å². The van der Waals surface area contributed by atoms with Gasteiger partial charge in [-0.05, 0) is 24.3 Å². The van der Waals surface area contributed by atoms with Crippen LogP contribution >= 0.6 is 95.6 Å². The van der Waals surface area contributed by atoms with Crippen LogP contribution in [0.25, 0.3) is 21.8 Å². The van der Waals surface area contributed by atoms with Gasteiger partial charge in [0.05, 0.1) is 11.0 Å². The average molecular weight is 822 g/mol. The van der Waals surface area contributed by atoms with Gasteiger partial charge in [0.15, 0.2) is 14.3 Å². The highest BCUT2D eigenvalue weighted by molar-refractivity contribution is 9.39. The summed E-state index contributed by atoms with van der Waals surface area (Å²) in [6.45, 7) is 0. The summed E-state index contributed by atoms with van der Waals surface area (Å²) < 4.78 is 26.0. The van der Waals surface area contributed by atoms with Crippen molar-refractivity contribution in [1.29, 1.82) is 0 Å². The molecule has 0 aliphatic carbocycles. The highest BCUT2D eigenvalue weighted by Gasteiger charge is 2.38. The summed E-state index contributed by atoms with van der Waals surface area (Å²) in [5, 5.41) is 1.39. The molecule has 4 rings (SSSR count). The zero-order valence-electron chi connectivity index (χ0n) is 15.2. The molecule has 0 atom stereocenters. The van der Waals surface area contributed by atoms with E-state index in [0.29, 0.717) is 22.2 Å². The van der Waals surface area contributed by atoms with Crippen LogP contribution in [0.2, 0.25) is 0 Å². The minimum atomic E-state index is -4.15. The van der Waals surface area contributed by atoms with Crippen LogP contribution in [-0.2, 0) is 14.1 Å². The van der Waals surface area contributed by atoms with Gasteiger partial charge in [0, 0.05) is 21.9 Å². The van der Waals surface area contributed by atoms with Crippen molar-refractivity contribution in [3.8, 4) is 0 Å². The van der Waals surface area contributed by atoms with E-state index in [1.54, 1.807) is 24.3 Å². The molecule has 4 aromatic rings. The molecule has 0 spiro atoms. The molecule has 0 aliphatic heterocycles. The Kier molecular flexibility index (Phi) is 6.80. The number of pyridine rings is 2. The van der Waals surface area contributed by atoms with Crippen molar-refractivity contribution in [3.63, 3.8) is 0 Å². The standard InChI is InChI=1S/C20H10Br6N2O2S/c21-19(22,23)13-9-11-5-1-3-7-15(11)27-17(13)31(29,30)18-14(20(24,25)26)10-12-6-2-4-8-16(12)28-18/h1-10H. The number of sulfone groups is 1. The van der Waals surface area contributed by atoms with E-state index >= 15 is 0 Å². The van der Waals surface area contributed by atoms with Crippen molar-refractivity contribution >= 4 is 127 Å². The van der Waals surface area contributed by atoms with E-state index in [9.17, 15) is 8.42 Å². The fourth-order valence-corrected chi connectivity index (χ4v) is 7.33. The highest BCUT2D eigenvalue weighted by atomic mass is 80.0. The van der Waals surface area contributed by atoms with Crippen molar-refractivity contribution in [2.24, 2.45) is 0 Å². The molecule has 0 radical (unpaired) electrons. The number of hydrogen-bond acceptors (Lipinski definition) is 4. The number of benzene rings is 2. The number of para-hydroxylation sites is 2. The lowest BCUT2D eigenvalue weighted by atomic mass is 10.2. The van der Waals surface area contributed by atoms with E-state index in [0.717, 1.165) is 10.8 Å². The van der Waals surface area contributed by atoms with E-state index < -0.39 is 14.1 Å². The van der Waals surface area contributed by atoms with Crippen molar-refractivity contribution < 1.29 is 8.42 Å². The van der Waals surface area contributed by atoms with Crippen molar-refractivity contribution in [2.45, 2.75) is 14.3 Å². The van der Waals surface area contributed by atoms with Gasteiger partial charge in [-0.1, -0.05) is 132 Å². The van der Waals surface area contributed by atoms with Crippen LogP contribution in [0.1, 0.15) is 11.1 Å². The Morgan fingerprint density at radius 3 is 1.32 bits per heavy atom. The Bertz CT molecular complexity index is 1330. The van der Waals surface area contributed by atoms with Crippen LogP contribution in [0.5, 0.6) is 0 Å². The van der Waals surface area contributed by atoms with Gasteiger partial charge >= 0.3 is 0 Å². The van der Waals surface area contributed by atoms with E-state index in [-0.39, 0.29) is 10.1 Å². The maximum absolute atomic E-state index is 14.0. The molecule has 0 bridgehead atoms. The molecular formula is C20H10Br6N2O2S. The van der Waals surface area contributed by atoms with E-state index in [2.05, 4.69) is 106 Å². The number of hydrogen-bond donors (Lipinski definition) is 0. The van der Waals surface area contributed by atoms with Crippen LogP contribution in [-0.4, -0.2) is 18.4 Å². The summed E-state index contributed by atoms with van der Waals surface area (Å²) in [6.07, 6.45) is 0. The van der Waals surface area contributed by atoms with Crippen LogP contribution in [0.4, 0.5) is 0 Å². The lowest BCUT2D eigenvalue weighted by Crippen LogP contribution is -2.17. The zero-order chi connectivity index (χ0) is 22.6. The largest absolute Gasteiger partial charge is 0.241 e.